The highest BCUT2D eigenvalue weighted by Gasteiger charge is 2.72. The van der Waals surface area contributed by atoms with Crippen LogP contribution < -0.4 is 14.2 Å². The molecule has 3 unspecified atom stereocenters. The van der Waals surface area contributed by atoms with Gasteiger partial charge < -0.3 is 14.2 Å². The molecule has 0 bridgehead atoms. The summed E-state index contributed by atoms with van der Waals surface area (Å²) in [6.45, 7) is -11.6. The molecule has 6 aromatic heterocycles. The van der Waals surface area contributed by atoms with E-state index in [1.165, 1.54) is 0 Å². The summed E-state index contributed by atoms with van der Waals surface area (Å²) >= 11 is 0. The maximum absolute atomic E-state index is 19.7. The lowest BCUT2D eigenvalue weighted by Crippen LogP contribution is -2.54. The third kappa shape index (κ3) is 17.5. The number of tetrazole rings is 3. The number of hydrogen-bond acceptors (Lipinski definition) is 19. The number of pyridine rings is 3. The highest BCUT2D eigenvalue weighted by Crippen LogP contribution is 2.71. The van der Waals surface area contributed by atoms with E-state index in [0.29, 0.717) is 55.8 Å². The lowest BCUT2D eigenvalue weighted by molar-refractivity contribution is -0.252. The molecule has 0 spiro atoms. The van der Waals surface area contributed by atoms with Crippen LogP contribution in [0.2, 0.25) is 0 Å². The van der Waals surface area contributed by atoms with Crippen LogP contribution in [0.4, 0.5) is 92.2 Å². The number of alkyl halides is 15. The maximum Gasteiger partial charge on any atom is 0.478 e. The number of phosphoric acid groups is 1. The molecule has 0 radical (unpaired) electrons. The molecule has 0 aliphatic rings. The second-order valence-electron chi connectivity index (χ2n) is 24.4. The SMILES string of the molecule is O=P(OC(Cn1cnnn1)(c1ccc(F)cc1F)C(F)(F)c1ccc(-c2ccc(OCC(F)(F)F)cc2)cn1)(OC(Cn1cnnn1)(c1ccc(F)cc1F)C(F)(F)c1ccc(-c2ccc(OCC(F)(F)F)cc2)cn1)OC(Cn1cnnn1)(c1ccc(F)cc1F)C(F)(F)c1ccc(-c2ccc(OCC(F)(F)F)cc2)cn1. The Labute approximate surface area is 619 Å². The van der Waals surface area contributed by atoms with Crippen LogP contribution in [0.3, 0.4) is 0 Å². The van der Waals surface area contributed by atoms with E-state index >= 15 is 57.3 Å². The van der Waals surface area contributed by atoms with E-state index in [2.05, 4.69) is 61.5 Å². The van der Waals surface area contributed by atoms with Gasteiger partial charge in [0.15, 0.2) is 36.6 Å². The lowest BCUT2D eigenvalue weighted by Gasteiger charge is -2.48. The topological polar surface area (TPSA) is 242 Å². The zero-order chi connectivity index (χ0) is 81.2. The number of hydrogen-bond donors (Lipinski definition) is 0. The minimum atomic E-state index is -8.21. The molecule has 0 saturated carbocycles. The predicted octanol–water partition coefficient (Wildman–Crippen LogP) is 16.1. The molecular formula is C69H45F21N15O7P. The quantitative estimate of drug-likeness (QED) is 0.0300. The number of aromatic nitrogens is 15. The molecule has 3 atom stereocenters. The first kappa shape index (κ1) is 80.5. The monoisotopic (exact) mass is 1630 g/mol. The van der Waals surface area contributed by atoms with E-state index < -0.39 is 169 Å². The van der Waals surface area contributed by atoms with Crippen molar-refractivity contribution in [3.05, 3.63) is 270 Å². The standard InChI is InChI=1S/C69H45F21N15O7P/c70-46-10-19-52(55(73)25-46)61(31-103-37-94-97-100-103,67(85,86)58-22-7-43(28-91-58)40-1-13-49(14-2-40)107-34-64(76,77)78)110-113(106,111-62(32-104-38-95-98-101-104,53-20-11-47(71)26-56(53)74)68(87,88)59-23-8-44(29-92-59)41-3-15-50(16-4-41)108-35-65(79,80)81)112-63(33-105-39-96-99-102-105,54-21-12-48(72)27-57(54)75)69(89,90)60-24-9-45(30-93-60)42-5-17-51(18-6-42)109-36-66(82,83)84/h1-30,37-39H,31-36H2. The predicted molar refractivity (Wildman–Crippen MR) is 344 cm³/mol. The van der Waals surface area contributed by atoms with Gasteiger partial charge in [0.1, 0.15) is 88.2 Å². The Hall–Kier alpha value is -12.0. The number of ether oxygens (including phenoxy) is 3. The van der Waals surface area contributed by atoms with E-state index in [1.54, 1.807) is 0 Å². The molecular weight excluding hydrogens is 1580 g/mol. The van der Waals surface area contributed by atoms with Crippen molar-refractivity contribution in [2.45, 2.75) is 72.7 Å². The Morgan fingerprint density at radius 2 is 0.566 bits per heavy atom. The molecule has 0 aliphatic heterocycles. The summed E-state index contributed by atoms with van der Waals surface area (Å²) in [6, 6.07) is 17.0. The van der Waals surface area contributed by atoms with Crippen LogP contribution in [-0.4, -0.2) is 114 Å². The van der Waals surface area contributed by atoms with Crippen LogP contribution in [0.15, 0.2) is 201 Å². The van der Waals surface area contributed by atoms with Crippen molar-refractivity contribution >= 4 is 7.82 Å². The number of phosphoric ester groups is 1. The van der Waals surface area contributed by atoms with Crippen LogP contribution >= 0.6 is 7.82 Å². The fraction of sp³-hybridized carbons (Fsp3) is 0.217. The summed E-state index contributed by atoms with van der Waals surface area (Å²) in [7, 11) is -8.21. The maximum atomic E-state index is 19.7. The molecule has 44 heteroatoms. The summed E-state index contributed by atoms with van der Waals surface area (Å²) in [5, 5.41) is 30.9. The molecule has 6 heterocycles. The van der Waals surface area contributed by atoms with Crippen LogP contribution in [0, 0.1) is 34.9 Å². The van der Waals surface area contributed by atoms with Gasteiger partial charge in [-0.25, -0.2) is 45.0 Å². The Morgan fingerprint density at radius 1 is 0.319 bits per heavy atom. The van der Waals surface area contributed by atoms with E-state index in [9.17, 15) is 39.5 Å². The van der Waals surface area contributed by atoms with Crippen molar-refractivity contribution < 1.29 is 125 Å². The number of halogens is 21. The summed E-state index contributed by atoms with van der Waals surface area (Å²) < 4.78 is 387. The molecule has 6 aromatic carbocycles. The van der Waals surface area contributed by atoms with Gasteiger partial charge in [-0.3, -0.25) is 28.5 Å². The molecule has 0 amide bonds. The zero-order valence-corrected chi connectivity index (χ0v) is 57.1. The van der Waals surface area contributed by atoms with E-state index in [-0.39, 0.29) is 119 Å². The van der Waals surface area contributed by atoms with Gasteiger partial charge in [-0.1, -0.05) is 54.6 Å². The molecule has 12 aromatic rings. The first-order valence-corrected chi connectivity index (χ1v) is 33.4. The summed E-state index contributed by atoms with van der Waals surface area (Å²) in [4.78, 5) is 11.5. The van der Waals surface area contributed by atoms with Crippen molar-refractivity contribution in [2.75, 3.05) is 19.8 Å². The van der Waals surface area contributed by atoms with Crippen molar-refractivity contribution in [1.82, 2.24) is 75.6 Å². The third-order valence-electron chi connectivity index (χ3n) is 16.8. The Bertz CT molecular complexity index is 4790. The smallest absolute Gasteiger partial charge is 0.478 e. The lowest BCUT2D eigenvalue weighted by atomic mass is 9.84. The van der Waals surface area contributed by atoms with Crippen molar-refractivity contribution in [3.8, 4) is 50.6 Å². The van der Waals surface area contributed by atoms with Gasteiger partial charge in [0.25, 0.3) is 0 Å². The van der Waals surface area contributed by atoms with E-state index in [0.717, 1.165) is 91.0 Å². The Kier molecular flexibility index (Phi) is 22.3. The van der Waals surface area contributed by atoms with Crippen molar-refractivity contribution in [1.29, 1.82) is 0 Å². The molecule has 0 fully saturated rings. The number of benzene rings is 6. The highest BCUT2D eigenvalue weighted by molar-refractivity contribution is 7.48. The fourth-order valence-electron chi connectivity index (χ4n) is 11.6. The van der Waals surface area contributed by atoms with E-state index in [1.807, 2.05) is 0 Å². The Balaban J connectivity index is 1.15. The summed E-state index contributed by atoms with van der Waals surface area (Å²) in [5.41, 5.74) is -26.0. The van der Waals surface area contributed by atoms with Gasteiger partial charge in [0.05, 0.1) is 19.6 Å². The normalized spacial score (nSPS) is 14.7. The third-order valence-corrected chi connectivity index (χ3v) is 18.4. The minimum Gasteiger partial charge on any atom is -0.484 e. The number of rotatable bonds is 30. The average Bonchev–Trinajstić information content (AvgIpc) is 1.10. The molecule has 12 rings (SSSR count). The van der Waals surface area contributed by atoms with E-state index in [4.69, 9.17) is 27.8 Å². The van der Waals surface area contributed by atoms with Crippen LogP contribution in [0.1, 0.15) is 33.8 Å². The second kappa shape index (κ2) is 31.3. The fourth-order valence-corrected chi connectivity index (χ4v) is 13.7. The van der Waals surface area contributed by atoms with Gasteiger partial charge in [0, 0.05) is 70.2 Å². The molecule has 590 valence electrons. The first-order chi connectivity index (χ1) is 53.3. The van der Waals surface area contributed by atoms with Gasteiger partial charge in [-0.05, 0) is 139 Å². The number of nitrogens with zero attached hydrogens (tertiary/aromatic N) is 15. The second-order valence-corrected chi connectivity index (χ2v) is 25.8. The largest absolute Gasteiger partial charge is 0.484 e. The van der Waals surface area contributed by atoms with Crippen LogP contribution in [0.25, 0.3) is 33.4 Å². The molecule has 0 aliphatic carbocycles. The molecule has 22 nitrogen and oxygen atoms in total. The van der Waals surface area contributed by atoms with Crippen LogP contribution in [-0.2, 0) is 72.3 Å². The van der Waals surface area contributed by atoms with Gasteiger partial charge in [-0.15, -0.1) is 15.3 Å². The highest BCUT2D eigenvalue weighted by atomic mass is 31.2. The molecule has 0 saturated heterocycles. The van der Waals surface area contributed by atoms with Gasteiger partial charge in [0.2, 0.25) is 0 Å². The zero-order valence-electron chi connectivity index (χ0n) is 56.2. The average molecular weight is 1630 g/mol. The summed E-state index contributed by atoms with van der Waals surface area (Å²) in [5.74, 6) is -29.4. The van der Waals surface area contributed by atoms with Crippen molar-refractivity contribution in [3.63, 3.8) is 0 Å². The molecule has 0 N–H and O–H groups in total. The minimum absolute atomic E-state index is 0.0213. The van der Waals surface area contributed by atoms with Crippen molar-refractivity contribution in [2.24, 2.45) is 0 Å². The van der Waals surface area contributed by atoms with Crippen LogP contribution in [0.5, 0.6) is 17.2 Å². The first-order valence-electron chi connectivity index (χ1n) is 31.9. The Morgan fingerprint density at radius 3 is 0.770 bits per heavy atom. The van der Waals surface area contributed by atoms with Gasteiger partial charge in [-0.2, -0.15) is 65.9 Å². The molecule has 113 heavy (non-hydrogen) atoms. The summed E-state index contributed by atoms with van der Waals surface area (Å²) in [6.07, 6.45) is -11.3. The van der Waals surface area contributed by atoms with Gasteiger partial charge >= 0.3 is 44.1 Å².